The highest BCUT2D eigenvalue weighted by atomic mass is 32.2. The molecule has 2 aromatic carbocycles. The minimum absolute atomic E-state index is 0.104. The van der Waals surface area contributed by atoms with E-state index in [0.29, 0.717) is 36.7 Å². The summed E-state index contributed by atoms with van der Waals surface area (Å²) in [5.41, 5.74) is 1.42. The lowest BCUT2D eigenvalue weighted by Gasteiger charge is -2.13. The molecular weight excluding hydrogens is 366 g/mol. The molecule has 0 atom stereocenters. The number of nitrogens with one attached hydrogen (secondary N) is 1. The number of sulfonamides is 1. The van der Waals surface area contributed by atoms with Crippen molar-refractivity contribution in [3.63, 3.8) is 0 Å². The molecule has 6 nitrogen and oxygen atoms in total. The molecule has 0 heterocycles. The maximum Gasteiger partial charge on any atom is 0.240 e. The standard InChI is InChI=1S/C20H25NO5S/c1-4-25-19-11-6-16(14-20(19)26-5-2)12-13-21-27(23,24)18-9-7-17(8-10-18)15(3)22/h6-11,14,21H,4-5,12-13H2,1-3H3. The zero-order valence-electron chi connectivity index (χ0n) is 15.8. The summed E-state index contributed by atoms with van der Waals surface area (Å²) in [5, 5.41) is 0. The van der Waals surface area contributed by atoms with Crippen molar-refractivity contribution >= 4 is 15.8 Å². The van der Waals surface area contributed by atoms with Crippen LogP contribution in [0.5, 0.6) is 11.5 Å². The van der Waals surface area contributed by atoms with E-state index in [1.165, 1.54) is 31.2 Å². The molecule has 0 aliphatic carbocycles. The molecule has 1 N–H and O–H groups in total. The molecular formula is C20H25NO5S. The first-order valence-corrected chi connectivity index (χ1v) is 10.3. The van der Waals surface area contributed by atoms with Gasteiger partial charge in [-0.3, -0.25) is 4.79 Å². The summed E-state index contributed by atoms with van der Waals surface area (Å²) in [7, 11) is -3.63. The first-order chi connectivity index (χ1) is 12.9. The van der Waals surface area contributed by atoms with E-state index in [1.807, 2.05) is 32.0 Å². The van der Waals surface area contributed by atoms with Crippen LogP contribution >= 0.6 is 0 Å². The fourth-order valence-corrected chi connectivity index (χ4v) is 3.56. The van der Waals surface area contributed by atoms with Crippen LogP contribution in [-0.2, 0) is 16.4 Å². The number of carbonyl (C=O) groups is 1. The normalized spacial score (nSPS) is 11.2. The van der Waals surface area contributed by atoms with Crippen LogP contribution < -0.4 is 14.2 Å². The lowest BCUT2D eigenvalue weighted by Crippen LogP contribution is -2.26. The van der Waals surface area contributed by atoms with Crippen molar-refractivity contribution < 1.29 is 22.7 Å². The largest absolute Gasteiger partial charge is 0.490 e. The smallest absolute Gasteiger partial charge is 0.240 e. The Balaban J connectivity index is 2.02. The van der Waals surface area contributed by atoms with Crippen LogP contribution in [0.4, 0.5) is 0 Å². The second-order valence-corrected chi connectivity index (χ2v) is 7.64. The highest BCUT2D eigenvalue weighted by Gasteiger charge is 2.14. The summed E-state index contributed by atoms with van der Waals surface area (Å²) < 4.78 is 38.4. The molecule has 146 valence electrons. The molecule has 0 amide bonds. The van der Waals surface area contributed by atoms with Crippen LogP contribution in [0.25, 0.3) is 0 Å². The van der Waals surface area contributed by atoms with Gasteiger partial charge in [0.25, 0.3) is 0 Å². The van der Waals surface area contributed by atoms with E-state index in [-0.39, 0.29) is 17.2 Å². The predicted molar refractivity (Wildman–Crippen MR) is 104 cm³/mol. The van der Waals surface area contributed by atoms with E-state index < -0.39 is 10.0 Å². The molecule has 0 spiro atoms. The van der Waals surface area contributed by atoms with Gasteiger partial charge in [0.2, 0.25) is 10.0 Å². The number of benzene rings is 2. The first-order valence-electron chi connectivity index (χ1n) is 8.86. The van der Waals surface area contributed by atoms with Crippen molar-refractivity contribution in [3.8, 4) is 11.5 Å². The van der Waals surface area contributed by atoms with Gasteiger partial charge in [0.1, 0.15) is 0 Å². The predicted octanol–water partition coefficient (Wildman–Crippen LogP) is 3.21. The number of carbonyl (C=O) groups excluding carboxylic acids is 1. The van der Waals surface area contributed by atoms with Gasteiger partial charge in [-0.1, -0.05) is 18.2 Å². The van der Waals surface area contributed by atoms with Gasteiger partial charge in [-0.2, -0.15) is 0 Å². The van der Waals surface area contributed by atoms with Gasteiger partial charge < -0.3 is 9.47 Å². The number of hydrogen-bond donors (Lipinski definition) is 1. The Morgan fingerprint density at radius 1 is 0.963 bits per heavy atom. The van der Waals surface area contributed by atoms with Crippen molar-refractivity contribution in [2.24, 2.45) is 0 Å². The van der Waals surface area contributed by atoms with E-state index in [2.05, 4.69) is 4.72 Å². The maximum absolute atomic E-state index is 12.4. The Morgan fingerprint density at radius 3 is 2.19 bits per heavy atom. The molecule has 0 unspecified atom stereocenters. The topological polar surface area (TPSA) is 81.7 Å². The third-order valence-corrected chi connectivity index (χ3v) is 5.36. The molecule has 0 aliphatic heterocycles. The van der Waals surface area contributed by atoms with Gasteiger partial charge in [0, 0.05) is 12.1 Å². The molecule has 0 saturated carbocycles. The Bertz CT molecular complexity index is 876. The van der Waals surface area contributed by atoms with Gasteiger partial charge in [-0.05, 0) is 57.0 Å². The van der Waals surface area contributed by atoms with Gasteiger partial charge in [-0.25, -0.2) is 13.1 Å². The summed E-state index contributed by atoms with van der Waals surface area (Å²) in [6.07, 6.45) is 0.511. The highest BCUT2D eigenvalue weighted by Crippen LogP contribution is 2.28. The zero-order valence-corrected chi connectivity index (χ0v) is 16.6. The summed E-state index contributed by atoms with van der Waals surface area (Å²) in [5.74, 6) is 1.22. The molecule has 2 aromatic rings. The van der Waals surface area contributed by atoms with E-state index in [0.717, 1.165) is 5.56 Å². The fraction of sp³-hybridized carbons (Fsp3) is 0.350. The number of rotatable bonds is 10. The zero-order chi connectivity index (χ0) is 19.9. The SMILES string of the molecule is CCOc1ccc(CCNS(=O)(=O)c2ccc(C(C)=O)cc2)cc1OCC. The summed E-state index contributed by atoms with van der Waals surface area (Å²) >= 11 is 0. The van der Waals surface area contributed by atoms with E-state index in [9.17, 15) is 13.2 Å². The second kappa shape index (κ2) is 9.53. The number of Topliss-reactive ketones (excluding diaryl/α,β-unsaturated/α-hetero) is 1. The van der Waals surface area contributed by atoms with Crippen molar-refractivity contribution in [3.05, 3.63) is 53.6 Å². The summed E-state index contributed by atoms with van der Waals surface area (Å²) in [6, 6.07) is 11.5. The Morgan fingerprint density at radius 2 is 1.59 bits per heavy atom. The van der Waals surface area contributed by atoms with Gasteiger partial charge in [0.05, 0.1) is 18.1 Å². The average molecular weight is 391 g/mol. The van der Waals surface area contributed by atoms with Crippen LogP contribution in [0.15, 0.2) is 47.4 Å². The van der Waals surface area contributed by atoms with Crippen molar-refractivity contribution in [2.45, 2.75) is 32.1 Å². The third-order valence-electron chi connectivity index (χ3n) is 3.88. The highest BCUT2D eigenvalue weighted by molar-refractivity contribution is 7.89. The van der Waals surface area contributed by atoms with Crippen molar-refractivity contribution in [1.29, 1.82) is 0 Å². The molecule has 0 radical (unpaired) electrons. The Hall–Kier alpha value is -2.38. The quantitative estimate of drug-likeness (QED) is 0.629. The number of ether oxygens (including phenoxy) is 2. The van der Waals surface area contributed by atoms with Crippen LogP contribution in [0, 0.1) is 0 Å². The number of ketones is 1. The molecule has 7 heteroatoms. The maximum atomic E-state index is 12.4. The van der Waals surface area contributed by atoms with Crippen LogP contribution in [0.3, 0.4) is 0 Å². The van der Waals surface area contributed by atoms with Crippen LogP contribution in [0.2, 0.25) is 0 Å². The van der Waals surface area contributed by atoms with Gasteiger partial charge in [0.15, 0.2) is 17.3 Å². The lowest BCUT2D eigenvalue weighted by atomic mass is 10.1. The number of hydrogen-bond acceptors (Lipinski definition) is 5. The second-order valence-electron chi connectivity index (χ2n) is 5.88. The Kier molecular flexibility index (Phi) is 7.38. The van der Waals surface area contributed by atoms with Crippen LogP contribution in [0.1, 0.15) is 36.7 Å². The van der Waals surface area contributed by atoms with Gasteiger partial charge in [-0.15, -0.1) is 0 Å². The van der Waals surface area contributed by atoms with Crippen molar-refractivity contribution in [2.75, 3.05) is 19.8 Å². The average Bonchev–Trinajstić information content (AvgIpc) is 2.64. The molecule has 0 bridgehead atoms. The van der Waals surface area contributed by atoms with E-state index >= 15 is 0 Å². The lowest BCUT2D eigenvalue weighted by molar-refractivity contribution is 0.101. The minimum atomic E-state index is -3.63. The summed E-state index contributed by atoms with van der Waals surface area (Å²) in [6.45, 7) is 6.55. The minimum Gasteiger partial charge on any atom is -0.490 e. The molecule has 0 aliphatic rings. The first kappa shape index (κ1) is 20.9. The molecule has 27 heavy (non-hydrogen) atoms. The Labute approximate surface area is 160 Å². The molecule has 0 fully saturated rings. The molecule has 0 saturated heterocycles. The van der Waals surface area contributed by atoms with E-state index in [4.69, 9.17) is 9.47 Å². The summed E-state index contributed by atoms with van der Waals surface area (Å²) in [4.78, 5) is 11.4. The molecule has 2 rings (SSSR count). The third kappa shape index (κ3) is 5.80. The van der Waals surface area contributed by atoms with Gasteiger partial charge >= 0.3 is 0 Å². The molecule has 0 aromatic heterocycles. The monoisotopic (exact) mass is 391 g/mol. The van der Waals surface area contributed by atoms with Crippen LogP contribution in [-0.4, -0.2) is 34.0 Å². The fourth-order valence-electron chi connectivity index (χ4n) is 2.53. The van der Waals surface area contributed by atoms with E-state index in [1.54, 1.807) is 0 Å². The van der Waals surface area contributed by atoms with Crippen molar-refractivity contribution in [1.82, 2.24) is 4.72 Å².